The van der Waals surface area contributed by atoms with E-state index in [0.29, 0.717) is 11.5 Å². The minimum absolute atomic E-state index is 0.209. The molecule has 0 aliphatic heterocycles. The third-order valence-corrected chi connectivity index (χ3v) is 9.16. The van der Waals surface area contributed by atoms with E-state index in [9.17, 15) is 8.42 Å². The number of rotatable bonds is 11. The molecule has 0 N–H and O–H groups in total. The summed E-state index contributed by atoms with van der Waals surface area (Å²) in [6.45, 7) is 2.11. The minimum Gasteiger partial charge on any atom is -0.497 e. The summed E-state index contributed by atoms with van der Waals surface area (Å²) in [5.74, 6) is 1.43. The van der Waals surface area contributed by atoms with Gasteiger partial charge in [0.05, 0.1) is 14.2 Å². The van der Waals surface area contributed by atoms with E-state index < -0.39 is 21.4 Å². The number of benzene rings is 3. The average molecular weight is 627 g/mol. The van der Waals surface area contributed by atoms with Crippen LogP contribution in [0.1, 0.15) is 29.7 Å². The molecule has 0 radical (unpaired) electrons. The van der Waals surface area contributed by atoms with Crippen molar-refractivity contribution in [2.45, 2.75) is 31.4 Å². The van der Waals surface area contributed by atoms with Crippen molar-refractivity contribution in [2.75, 3.05) is 21.3 Å². The first-order valence-corrected chi connectivity index (χ1v) is 14.0. The van der Waals surface area contributed by atoms with Crippen LogP contribution in [0.15, 0.2) is 75.7 Å². The molecule has 0 unspecified atom stereocenters. The number of hydrogen-bond donors (Lipinski definition) is 0. The van der Waals surface area contributed by atoms with Gasteiger partial charge >= 0.3 is 0 Å². The van der Waals surface area contributed by atoms with Gasteiger partial charge in [-0.15, -0.1) is 0 Å². The number of methoxy groups -OCH3 is 3. The van der Waals surface area contributed by atoms with Gasteiger partial charge in [0.25, 0.3) is 0 Å². The highest BCUT2D eigenvalue weighted by Crippen LogP contribution is 2.35. The topological polar surface area (TPSA) is 65.1 Å². The van der Waals surface area contributed by atoms with Crippen LogP contribution in [0.4, 0.5) is 0 Å². The number of ether oxygens (including phenoxy) is 3. The van der Waals surface area contributed by atoms with Gasteiger partial charge in [-0.3, -0.25) is 0 Å². The first-order chi connectivity index (χ1) is 16.7. The second-order valence-corrected chi connectivity index (χ2v) is 12.1. The maximum Gasteiger partial charge on any atom is 0.220 e. The van der Waals surface area contributed by atoms with Gasteiger partial charge in [0.1, 0.15) is 22.9 Å². The Morgan fingerprint density at radius 1 is 0.800 bits per heavy atom. The van der Waals surface area contributed by atoms with Crippen molar-refractivity contribution in [2.24, 2.45) is 0 Å². The van der Waals surface area contributed by atoms with Gasteiger partial charge in [0.2, 0.25) is 10.0 Å². The second-order valence-electron chi connectivity index (χ2n) is 8.04. The zero-order chi connectivity index (χ0) is 25.6. The van der Waals surface area contributed by atoms with Crippen LogP contribution in [0.2, 0.25) is 0 Å². The molecule has 3 rings (SSSR count). The van der Waals surface area contributed by atoms with Crippen molar-refractivity contribution in [3.8, 4) is 11.5 Å². The predicted molar refractivity (Wildman–Crippen MR) is 145 cm³/mol. The minimum atomic E-state index is -3.80. The lowest BCUT2D eigenvalue weighted by atomic mass is 10.1. The molecule has 0 amide bonds. The third-order valence-electron chi connectivity index (χ3n) is 5.81. The van der Waals surface area contributed by atoms with Gasteiger partial charge in [-0.25, -0.2) is 8.42 Å². The number of sulfonamides is 1. The molecule has 188 valence electrons. The highest BCUT2D eigenvalue weighted by Gasteiger charge is 2.36. The molecule has 9 heteroatoms. The first-order valence-electron chi connectivity index (χ1n) is 10.9. The summed E-state index contributed by atoms with van der Waals surface area (Å²) in [6, 6.07) is 20.4. The quantitative estimate of drug-likeness (QED) is 0.249. The molecule has 0 heterocycles. The zero-order valence-corrected chi connectivity index (χ0v) is 24.1. The van der Waals surface area contributed by atoms with Crippen LogP contribution in [-0.2, 0) is 27.8 Å². The van der Waals surface area contributed by atoms with E-state index in [4.69, 9.17) is 14.2 Å². The summed E-state index contributed by atoms with van der Waals surface area (Å²) in [5, 5.41) is -0.846. The molecule has 3 aromatic carbocycles. The lowest BCUT2D eigenvalue weighted by Gasteiger charge is -2.30. The Bertz CT molecular complexity index is 1170. The van der Waals surface area contributed by atoms with Gasteiger partial charge in [0, 0.05) is 29.1 Å². The highest BCUT2D eigenvalue weighted by atomic mass is 79.9. The molecule has 0 aromatic heterocycles. The summed E-state index contributed by atoms with van der Waals surface area (Å²) < 4.78 is 47.4. The summed E-state index contributed by atoms with van der Waals surface area (Å²) in [7, 11) is 0.927. The SMILES string of the molecule is COc1ccc(CN(Cc2ccc(OC)cc2)S(=O)(=O)[C@@H](C)[C@@H](OC)c2ccc(Br)cc2Br)cc1. The largest absolute Gasteiger partial charge is 0.497 e. The molecule has 0 aliphatic carbocycles. The van der Waals surface area contributed by atoms with Crippen LogP contribution in [0.3, 0.4) is 0 Å². The molecule has 35 heavy (non-hydrogen) atoms. The fourth-order valence-electron chi connectivity index (χ4n) is 3.80. The Labute approximate surface area is 224 Å². The van der Waals surface area contributed by atoms with Crippen LogP contribution >= 0.6 is 31.9 Å². The van der Waals surface area contributed by atoms with Crippen LogP contribution in [-0.4, -0.2) is 39.3 Å². The molecule has 6 nitrogen and oxygen atoms in total. The first kappa shape index (κ1) is 27.7. The van der Waals surface area contributed by atoms with Crippen LogP contribution in [0.5, 0.6) is 11.5 Å². The summed E-state index contributed by atoms with van der Waals surface area (Å²) in [5.41, 5.74) is 2.48. The Morgan fingerprint density at radius 2 is 1.29 bits per heavy atom. The molecular formula is C26H29Br2NO5S. The van der Waals surface area contributed by atoms with Crippen LogP contribution < -0.4 is 9.47 Å². The van der Waals surface area contributed by atoms with Crippen molar-refractivity contribution in [1.82, 2.24) is 4.31 Å². The average Bonchev–Trinajstić information content (AvgIpc) is 2.86. The molecule has 2 atom stereocenters. The van der Waals surface area contributed by atoms with Crippen LogP contribution in [0.25, 0.3) is 0 Å². The lowest BCUT2D eigenvalue weighted by Crippen LogP contribution is -2.40. The summed E-state index contributed by atoms with van der Waals surface area (Å²) in [6.07, 6.45) is -0.670. The molecule has 0 fully saturated rings. The van der Waals surface area contributed by atoms with Crippen molar-refractivity contribution in [3.63, 3.8) is 0 Å². The number of nitrogens with zero attached hydrogens (tertiary/aromatic N) is 1. The van der Waals surface area contributed by atoms with E-state index in [1.807, 2.05) is 66.7 Å². The van der Waals surface area contributed by atoms with Gasteiger partial charge in [-0.2, -0.15) is 4.31 Å². The second kappa shape index (κ2) is 12.4. The van der Waals surface area contributed by atoms with Gasteiger partial charge in [0.15, 0.2) is 0 Å². The monoisotopic (exact) mass is 625 g/mol. The molecule has 0 bridgehead atoms. The lowest BCUT2D eigenvalue weighted by molar-refractivity contribution is 0.0998. The fraction of sp³-hybridized carbons (Fsp3) is 0.308. The van der Waals surface area contributed by atoms with Crippen molar-refractivity contribution in [3.05, 3.63) is 92.4 Å². The Morgan fingerprint density at radius 3 is 1.69 bits per heavy atom. The van der Waals surface area contributed by atoms with E-state index >= 15 is 0 Å². The maximum atomic E-state index is 14.0. The van der Waals surface area contributed by atoms with Crippen molar-refractivity contribution in [1.29, 1.82) is 0 Å². The van der Waals surface area contributed by atoms with E-state index in [0.717, 1.165) is 25.6 Å². The fourth-order valence-corrected chi connectivity index (χ4v) is 6.77. The molecule has 0 saturated carbocycles. The van der Waals surface area contributed by atoms with Crippen molar-refractivity contribution < 1.29 is 22.6 Å². The smallest absolute Gasteiger partial charge is 0.220 e. The predicted octanol–water partition coefficient (Wildman–Crippen LogP) is 6.34. The van der Waals surface area contributed by atoms with E-state index in [-0.39, 0.29) is 13.1 Å². The van der Waals surface area contributed by atoms with Gasteiger partial charge in [-0.05, 0) is 60.0 Å². The zero-order valence-electron chi connectivity index (χ0n) is 20.1. The summed E-state index contributed by atoms with van der Waals surface area (Å²) in [4.78, 5) is 0. The molecule has 0 spiro atoms. The Hall–Kier alpha value is -1.91. The molecule has 3 aromatic rings. The Balaban J connectivity index is 1.97. The normalized spacial score (nSPS) is 13.5. The third kappa shape index (κ3) is 6.86. The van der Waals surface area contributed by atoms with Crippen molar-refractivity contribution >= 4 is 41.9 Å². The highest BCUT2D eigenvalue weighted by molar-refractivity contribution is 9.11. The number of halogens is 2. The van der Waals surface area contributed by atoms with Crippen LogP contribution in [0, 0.1) is 0 Å². The maximum absolute atomic E-state index is 14.0. The number of hydrogen-bond acceptors (Lipinski definition) is 5. The molecular weight excluding hydrogens is 598 g/mol. The van der Waals surface area contributed by atoms with E-state index in [1.54, 1.807) is 21.1 Å². The Kier molecular flexibility index (Phi) is 9.77. The standard InChI is InChI=1S/C26H29Br2NO5S/c1-18(26(34-4)24-14-9-21(27)15-25(24)28)35(30,31)29(16-19-5-10-22(32-2)11-6-19)17-20-7-12-23(33-3)13-8-20/h5-15,18,26H,16-17H2,1-4H3/t18-,26+/m0/s1. The molecule has 0 saturated heterocycles. The summed E-state index contributed by atoms with van der Waals surface area (Å²) >= 11 is 7.00. The van der Waals surface area contributed by atoms with E-state index in [1.165, 1.54) is 11.4 Å². The molecule has 0 aliphatic rings. The van der Waals surface area contributed by atoms with E-state index in [2.05, 4.69) is 31.9 Å². The van der Waals surface area contributed by atoms with Gasteiger partial charge in [-0.1, -0.05) is 62.2 Å². The van der Waals surface area contributed by atoms with Gasteiger partial charge < -0.3 is 14.2 Å².